The number of rotatable bonds is 5. The normalized spacial score (nSPS) is 20.7. The smallest absolute Gasteiger partial charge is 0.329 e. The summed E-state index contributed by atoms with van der Waals surface area (Å²) in [6, 6.07) is 8.51. The molecule has 3 amide bonds. The van der Waals surface area contributed by atoms with E-state index in [0.717, 1.165) is 30.0 Å². The minimum Gasteiger partial charge on any atom is -0.366 e. The Kier molecular flexibility index (Phi) is 6.92. The zero-order chi connectivity index (χ0) is 24.8. The van der Waals surface area contributed by atoms with Crippen molar-refractivity contribution in [2.24, 2.45) is 0 Å². The molecule has 4 rings (SSSR count). The fourth-order valence-corrected chi connectivity index (χ4v) is 5.65. The molecule has 0 bridgehead atoms. The minimum atomic E-state index is -0.499. The maximum Gasteiger partial charge on any atom is 0.329 e. The zero-order valence-electron chi connectivity index (χ0n) is 19.7. The van der Waals surface area contributed by atoms with Gasteiger partial charge in [-0.1, -0.05) is 54.7 Å². The Bertz CT molecular complexity index is 1190. The molecule has 1 N–H and O–H groups in total. The first-order chi connectivity index (χ1) is 16.0. The Morgan fingerprint density at radius 2 is 1.85 bits per heavy atom. The van der Waals surface area contributed by atoms with E-state index < -0.39 is 11.9 Å². The number of nitrogens with one attached hydrogen (secondary N) is 1. The van der Waals surface area contributed by atoms with Gasteiger partial charge in [0.1, 0.15) is 5.70 Å². The molecular formula is C26H28Cl3N3O2. The molecule has 0 aliphatic carbocycles. The zero-order valence-corrected chi connectivity index (χ0v) is 22.0. The van der Waals surface area contributed by atoms with Crippen molar-refractivity contribution in [1.82, 2.24) is 10.2 Å². The summed E-state index contributed by atoms with van der Waals surface area (Å²) in [5.41, 5.74) is 3.90. The number of nitrogens with zero attached hydrogens (tertiary/aromatic N) is 2. The van der Waals surface area contributed by atoms with Crippen LogP contribution in [0, 0.1) is 0 Å². The summed E-state index contributed by atoms with van der Waals surface area (Å²) >= 11 is 18.9. The third-order valence-electron chi connectivity index (χ3n) is 6.56. The number of carbonyl (C=O) groups is 2. The SMILES string of the molecule is CCCN1c2cc(Cl)c(/C=C3/NC(=O)N(Cc4ccc(Cl)cc4Cl)C3=O)cc2C(C)CC1(C)C. The van der Waals surface area contributed by atoms with Crippen LogP contribution in [0.25, 0.3) is 6.08 Å². The van der Waals surface area contributed by atoms with Gasteiger partial charge in [-0.2, -0.15) is 0 Å². The number of carbonyl (C=O) groups excluding carboxylic acids is 2. The Labute approximate surface area is 215 Å². The predicted octanol–water partition coefficient (Wildman–Crippen LogP) is 7.24. The number of fused-ring (bicyclic) bond motifs is 1. The highest BCUT2D eigenvalue weighted by Gasteiger charge is 2.37. The lowest BCUT2D eigenvalue weighted by Crippen LogP contribution is -2.48. The van der Waals surface area contributed by atoms with E-state index in [0.29, 0.717) is 32.1 Å². The van der Waals surface area contributed by atoms with E-state index in [1.165, 1.54) is 5.56 Å². The molecule has 1 unspecified atom stereocenters. The van der Waals surface area contributed by atoms with E-state index in [-0.39, 0.29) is 17.8 Å². The van der Waals surface area contributed by atoms with Crippen molar-refractivity contribution in [2.45, 2.75) is 58.5 Å². The maximum atomic E-state index is 13.0. The molecular weight excluding hydrogens is 493 g/mol. The van der Waals surface area contributed by atoms with Gasteiger partial charge >= 0.3 is 6.03 Å². The lowest BCUT2D eigenvalue weighted by Gasteiger charge is -2.47. The van der Waals surface area contributed by atoms with Gasteiger partial charge in [-0.25, -0.2) is 4.79 Å². The largest absolute Gasteiger partial charge is 0.366 e. The number of halogens is 3. The third-order valence-corrected chi connectivity index (χ3v) is 7.47. The molecule has 1 atom stereocenters. The van der Waals surface area contributed by atoms with Crippen LogP contribution in [0.2, 0.25) is 15.1 Å². The van der Waals surface area contributed by atoms with Crippen LogP contribution in [-0.4, -0.2) is 28.9 Å². The number of imide groups is 1. The number of benzene rings is 2. The molecule has 1 fully saturated rings. The van der Waals surface area contributed by atoms with Crippen molar-refractivity contribution in [3.8, 4) is 0 Å². The number of hydrogen-bond donors (Lipinski definition) is 1. The molecule has 2 heterocycles. The molecule has 2 aliphatic rings. The number of hydrogen-bond acceptors (Lipinski definition) is 3. The molecule has 2 aromatic carbocycles. The highest BCUT2D eigenvalue weighted by Crippen LogP contribution is 2.45. The molecule has 180 valence electrons. The van der Waals surface area contributed by atoms with Crippen LogP contribution in [0.3, 0.4) is 0 Å². The van der Waals surface area contributed by atoms with Gasteiger partial charge in [-0.3, -0.25) is 9.69 Å². The van der Waals surface area contributed by atoms with E-state index in [9.17, 15) is 9.59 Å². The van der Waals surface area contributed by atoms with Crippen LogP contribution in [0.15, 0.2) is 36.0 Å². The first kappa shape index (κ1) is 24.9. The molecule has 1 saturated heterocycles. The first-order valence-corrected chi connectivity index (χ1v) is 12.5. The molecule has 8 heteroatoms. The monoisotopic (exact) mass is 519 g/mol. The van der Waals surface area contributed by atoms with Crippen molar-refractivity contribution in [2.75, 3.05) is 11.4 Å². The molecule has 0 spiro atoms. The standard InChI is InChI=1S/C26H28Cl3N3O2/c1-5-8-32-23-12-21(29)17(9-19(23)15(2)13-26(32,3)4)10-22-24(33)31(25(34)30-22)14-16-6-7-18(27)11-20(16)28/h6-7,9-12,15H,5,8,13-14H2,1-4H3,(H,30,34)/b22-10+. The second-order valence-electron chi connectivity index (χ2n) is 9.62. The van der Waals surface area contributed by atoms with E-state index in [1.54, 1.807) is 24.3 Å². The van der Waals surface area contributed by atoms with Gasteiger partial charge < -0.3 is 10.2 Å². The highest BCUT2D eigenvalue weighted by atomic mass is 35.5. The second kappa shape index (κ2) is 9.44. The van der Waals surface area contributed by atoms with E-state index in [2.05, 4.69) is 37.9 Å². The van der Waals surface area contributed by atoms with Crippen molar-refractivity contribution in [3.63, 3.8) is 0 Å². The van der Waals surface area contributed by atoms with E-state index >= 15 is 0 Å². The van der Waals surface area contributed by atoms with Crippen molar-refractivity contribution in [1.29, 1.82) is 0 Å². The van der Waals surface area contributed by atoms with Gasteiger partial charge in [0.2, 0.25) is 0 Å². The third kappa shape index (κ3) is 4.66. The predicted molar refractivity (Wildman–Crippen MR) is 140 cm³/mol. The van der Waals surface area contributed by atoms with Gasteiger partial charge in [0.05, 0.1) is 6.54 Å². The molecule has 5 nitrogen and oxygen atoms in total. The first-order valence-electron chi connectivity index (χ1n) is 11.4. The second-order valence-corrected chi connectivity index (χ2v) is 10.9. The van der Waals surface area contributed by atoms with Crippen LogP contribution in [0.1, 0.15) is 63.1 Å². The fourth-order valence-electron chi connectivity index (χ4n) is 4.97. The van der Waals surface area contributed by atoms with Gasteiger partial charge in [-0.05, 0) is 79.6 Å². The number of urea groups is 1. The average molecular weight is 521 g/mol. The highest BCUT2D eigenvalue weighted by molar-refractivity contribution is 6.35. The van der Waals surface area contributed by atoms with Gasteiger partial charge in [-0.15, -0.1) is 0 Å². The Morgan fingerprint density at radius 1 is 1.12 bits per heavy atom. The van der Waals surface area contributed by atoms with Crippen LogP contribution < -0.4 is 10.2 Å². The lowest BCUT2D eigenvalue weighted by atomic mass is 9.79. The van der Waals surface area contributed by atoms with Crippen LogP contribution >= 0.6 is 34.8 Å². The van der Waals surface area contributed by atoms with Crippen LogP contribution in [0.5, 0.6) is 0 Å². The van der Waals surface area contributed by atoms with Gasteiger partial charge in [0.25, 0.3) is 5.91 Å². The summed E-state index contributed by atoms with van der Waals surface area (Å²) in [4.78, 5) is 29.2. The van der Waals surface area contributed by atoms with E-state index in [1.807, 2.05) is 12.1 Å². The number of anilines is 1. The Morgan fingerprint density at radius 3 is 2.53 bits per heavy atom. The lowest BCUT2D eigenvalue weighted by molar-refractivity contribution is -0.123. The molecule has 34 heavy (non-hydrogen) atoms. The van der Waals surface area contributed by atoms with Crippen molar-refractivity contribution < 1.29 is 9.59 Å². The van der Waals surface area contributed by atoms with Crippen LogP contribution in [0.4, 0.5) is 10.5 Å². The Balaban J connectivity index is 1.65. The quantitative estimate of drug-likeness (QED) is 0.334. The molecule has 2 aliphatic heterocycles. The fraction of sp³-hybridized carbons (Fsp3) is 0.385. The molecule has 0 aromatic heterocycles. The van der Waals surface area contributed by atoms with Crippen molar-refractivity contribution >= 4 is 58.5 Å². The molecule has 0 saturated carbocycles. The summed E-state index contributed by atoms with van der Waals surface area (Å²) in [7, 11) is 0. The summed E-state index contributed by atoms with van der Waals surface area (Å²) in [5.74, 6) is -0.0865. The Hall–Kier alpha value is -2.21. The van der Waals surface area contributed by atoms with Gasteiger partial charge in [0.15, 0.2) is 0 Å². The summed E-state index contributed by atoms with van der Waals surface area (Å²) in [5, 5.41) is 4.10. The summed E-state index contributed by atoms with van der Waals surface area (Å²) in [6.45, 7) is 9.91. The molecule has 0 radical (unpaired) electrons. The molecule has 2 aromatic rings. The minimum absolute atomic E-state index is 0.0323. The maximum absolute atomic E-state index is 13.0. The number of amides is 3. The van der Waals surface area contributed by atoms with Crippen LogP contribution in [-0.2, 0) is 11.3 Å². The van der Waals surface area contributed by atoms with Crippen molar-refractivity contribution in [3.05, 3.63) is 67.8 Å². The topological polar surface area (TPSA) is 52.7 Å². The van der Waals surface area contributed by atoms with E-state index in [4.69, 9.17) is 34.8 Å². The summed E-state index contributed by atoms with van der Waals surface area (Å²) in [6.07, 6.45) is 3.71. The summed E-state index contributed by atoms with van der Waals surface area (Å²) < 4.78 is 0. The average Bonchev–Trinajstić information content (AvgIpc) is 3.01. The van der Waals surface area contributed by atoms with Gasteiger partial charge in [0, 0.05) is 32.8 Å².